The Kier molecular flexibility index (Phi) is 4.98. The molecule has 0 bridgehead atoms. The van der Waals surface area contributed by atoms with Gasteiger partial charge in [-0.3, -0.25) is 9.59 Å². The van der Waals surface area contributed by atoms with Crippen LogP contribution in [0.2, 0.25) is 5.02 Å². The number of rotatable bonds is 3. The highest BCUT2D eigenvalue weighted by Crippen LogP contribution is 2.35. The molecule has 2 heterocycles. The second-order valence-corrected chi connectivity index (χ2v) is 7.22. The first-order valence-corrected chi connectivity index (χ1v) is 9.22. The van der Waals surface area contributed by atoms with E-state index in [0.29, 0.717) is 34.2 Å². The lowest BCUT2D eigenvalue weighted by Crippen LogP contribution is -2.36. The molecule has 1 atom stereocenters. The Hall–Kier alpha value is -3.33. The Morgan fingerprint density at radius 2 is 1.83 bits per heavy atom. The van der Waals surface area contributed by atoms with E-state index in [1.807, 2.05) is 0 Å². The molecule has 1 aliphatic heterocycles. The molecule has 0 fully saturated rings. The van der Waals surface area contributed by atoms with Gasteiger partial charge in [0.15, 0.2) is 17.5 Å². The van der Waals surface area contributed by atoms with E-state index in [9.17, 15) is 22.8 Å². The number of hydrogen-bond donors (Lipinski definition) is 2. The zero-order chi connectivity index (χ0) is 21.6. The molecule has 10 heteroatoms. The van der Waals surface area contributed by atoms with Crippen LogP contribution in [-0.2, 0) is 9.59 Å². The molecule has 4 rings (SSSR count). The summed E-state index contributed by atoms with van der Waals surface area (Å²) >= 11 is 5.92. The van der Waals surface area contributed by atoms with E-state index in [2.05, 4.69) is 15.7 Å². The molecule has 3 aromatic rings. The summed E-state index contributed by atoms with van der Waals surface area (Å²) in [7, 11) is 0. The Morgan fingerprint density at radius 3 is 2.47 bits per heavy atom. The molecular weight excluding hydrogens is 421 g/mol. The van der Waals surface area contributed by atoms with Gasteiger partial charge in [-0.05, 0) is 19.1 Å². The van der Waals surface area contributed by atoms with Crippen LogP contribution in [0.1, 0.15) is 18.0 Å². The third kappa shape index (κ3) is 3.52. The van der Waals surface area contributed by atoms with Gasteiger partial charge in [0.05, 0.1) is 12.1 Å². The highest BCUT2D eigenvalue weighted by atomic mass is 35.5. The monoisotopic (exact) mass is 434 g/mol. The van der Waals surface area contributed by atoms with Gasteiger partial charge in [-0.2, -0.15) is 5.10 Å². The second kappa shape index (κ2) is 7.49. The van der Waals surface area contributed by atoms with E-state index in [1.54, 1.807) is 31.2 Å². The topological polar surface area (TPSA) is 76.0 Å². The molecule has 0 unspecified atom stereocenters. The number of hydrogen-bond acceptors (Lipinski definition) is 3. The Bertz CT molecular complexity index is 1150. The molecule has 0 aliphatic carbocycles. The first kappa shape index (κ1) is 20.0. The SMILES string of the molecule is Cc1c(-c2ccc(Cl)cc2)nn2c1NC(=O)C[C@H]2C(=O)Nc1cc(F)c(F)c(F)c1. The van der Waals surface area contributed by atoms with Crippen molar-refractivity contribution in [3.63, 3.8) is 0 Å². The van der Waals surface area contributed by atoms with Gasteiger partial charge in [0.1, 0.15) is 11.9 Å². The highest BCUT2D eigenvalue weighted by molar-refractivity contribution is 6.30. The minimum Gasteiger partial charge on any atom is -0.324 e. The third-order valence-corrected chi connectivity index (χ3v) is 5.00. The summed E-state index contributed by atoms with van der Waals surface area (Å²) in [5.74, 6) is -5.30. The maximum absolute atomic E-state index is 13.4. The lowest BCUT2D eigenvalue weighted by Gasteiger charge is -2.24. The number of benzene rings is 2. The molecule has 2 N–H and O–H groups in total. The molecule has 0 saturated heterocycles. The molecule has 0 radical (unpaired) electrons. The summed E-state index contributed by atoms with van der Waals surface area (Å²) in [4.78, 5) is 24.9. The Labute approximate surface area is 173 Å². The number of fused-ring (bicyclic) bond motifs is 1. The number of anilines is 2. The smallest absolute Gasteiger partial charge is 0.249 e. The van der Waals surface area contributed by atoms with Crippen molar-refractivity contribution in [3.05, 3.63) is 64.4 Å². The molecule has 1 aliphatic rings. The van der Waals surface area contributed by atoms with Crippen LogP contribution in [0, 0.1) is 24.4 Å². The summed E-state index contributed by atoms with van der Waals surface area (Å²) < 4.78 is 41.4. The van der Waals surface area contributed by atoms with Crippen molar-refractivity contribution in [2.24, 2.45) is 0 Å². The minimum atomic E-state index is -1.64. The Balaban J connectivity index is 1.69. The summed E-state index contributed by atoms with van der Waals surface area (Å²) in [5, 5.41) is 10.0. The minimum absolute atomic E-state index is 0.230. The van der Waals surface area contributed by atoms with Gasteiger partial charge in [-0.15, -0.1) is 0 Å². The second-order valence-electron chi connectivity index (χ2n) is 6.78. The van der Waals surface area contributed by atoms with Gasteiger partial charge in [-0.1, -0.05) is 23.7 Å². The van der Waals surface area contributed by atoms with Crippen LogP contribution in [0.15, 0.2) is 36.4 Å². The zero-order valence-electron chi connectivity index (χ0n) is 15.5. The van der Waals surface area contributed by atoms with Crippen molar-refractivity contribution in [3.8, 4) is 11.3 Å². The van der Waals surface area contributed by atoms with Gasteiger partial charge in [0, 0.05) is 34.0 Å². The highest BCUT2D eigenvalue weighted by Gasteiger charge is 2.34. The number of nitrogens with one attached hydrogen (secondary N) is 2. The lowest BCUT2D eigenvalue weighted by molar-refractivity contribution is -0.125. The molecule has 30 heavy (non-hydrogen) atoms. The van der Waals surface area contributed by atoms with Crippen LogP contribution >= 0.6 is 11.6 Å². The van der Waals surface area contributed by atoms with Gasteiger partial charge in [0.2, 0.25) is 11.8 Å². The zero-order valence-corrected chi connectivity index (χ0v) is 16.2. The first-order chi connectivity index (χ1) is 14.2. The number of nitrogens with zero attached hydrogens (tertiary/aromatic N) is 2. The fourth-order valence-electron chi connectivity index (χ4n) is 3.28. The first-order valence-electron chi connectivity index (χ1n) is 8.85. The predicted molar refractivity (Wildman–Crippen MR) is 105 cm³/mol. The summed E-state index contributed by atoms with van der Waals surface area (Å²) in [6.07, 6.45) is -0.230. The quantitative estimate of drug-likeness (QED) is 0.598. The molecule has 154 valence electrons. The van der Waals surface area contributed by atoms with Crippen molar-refractivity contribution in [1.82, 2.24) is 9.78 Å². The van der Waals surface area contributed by atoms with E-state index < -0.39 is 35.3 Å². The van der Waals surface area contributed by atoms with Gasteiger partial charge >= 0.3 is 0 Å². The molecule has 0 saturated carbocycles. The summed E-state index contributed by atoms with van der Waals surface area (Å²) in [5.41, 5.74) is 1.64. The number of amides is 2. The number of carbonyl (C=O) groups excluding carboxylic acids is 2. The van der Waals surface area contributed by atoms with Crippen molar-refractivity contribution >= 4 is 34.9 Å². The van der Waals surface area contributed by atoms with Crippen LogP contribution in [0.3, 0.4) is 0 Å². The molecular formula is C20H14ClF3N4O2. The third-order valence-electron chi connectivity index (χ3n) is 4.75. The Morgan fingerprint density at radius 1 is 1.20 bits per heavy atom. The maximum atomic E-state index is 13.4. The standard InChI is InChI=1S/C20H14ClF3N4O2/c1-9-18(10-2-4-11(21)5-3-10)27-28-15(8-16(29)26-19(9)28)20(30)25-12-6-13(22)17(24)14(23)7-12/h2-7,15H,8H2,1H3,(H,25,30)(H,26,29)/t15-/m0/s1. The van der Waals surface area contributed by atoms with Crippen LogP contribution in [0.25, 0.3) is 11.3 Å². The van der Waals surface area contributed by atoms with E-state index >= 15 is 0 Å². The van der Waals surface area contributed by atoms with Gasteiger partial charge in [-0.25, -0.2) is 17.9 Å². The lowest BCUT2D eigenvalue weighted by atomic mass is 10.1. The summed E-state index contributed by atoms with van der Waals surface area (Å²) in [6, 6.07) is 7.14. The maximum Gasteiger partial charge on any atom is 0.249 e. The fourth-order valence-corrected chi connectivity index (χ4v) is 3.40. The average Bonchev–Trinajstić information content (AvgIpc) is 3.02. The number of halogens is 4. The van der Waals surface area contributed by atoms with Crippen molar-refractivity contribution in [2.45, 2.75) is 19.4 Å². The van der Waals surface area contributed by atoms with Crippen LogP contribution < -0.4 is 10.6 Å². The number of carbonyl (C=O) groups is 2. The van der Waals surface area contributed by atoms with E-state index in [0.717, 1.165) is 5.56 Å². The van der Waals surface area contributed by atoms with Gasteiger partial charge < -0.3 is 10.6 Å². The van der Waals surface area contributed by atoms with Crippen molar-refractivity contribution in [1.29, 1.82) is 0 Å². The number of aromatic nitrogens is 2. The van der Waals surface area contributed by atoms with Crippen LogP contribution in [0.4, 0.5) is 24.7 Å². The molecule has 1 aromatic heterocycles. The normalized spacial score (nSPS) is 15.5. The van der Waals surface area contributed by atoms with Crippen molar-refractivity contribution in [2.75, 3.05) is 10.6 Å². The predicted octanol–water partition coefficient (Wildman–Crippen LogP) is 4.45. The van der Waals surface area contributed by atoms with E-state index in [1.165, 1.54) is 4.68 Å². The molecule has 0 spiro atoms. The molecule has 2 amide bonds. The average molecular weight is 435 g/mol. The fraction of sp³-hybridized carbons (Fsp3) is 0.150. The van der Waals surface area contributed by atoms with Crippen molar-refractivity contribution < 1.29 is 22.8 Å². The van der Waals surface area contributed by atoms with E-state index in [-0.39, 0.29) is 12.1 Å². The molecule has 2 aromatic carbocycles. The van der Waals surface area contributed by atoms with Gasteiger partial charge in [0.25, 0.3) is 0 Å². The summed E-state index contributed by atoms with van der Waals surface area (Å²) in [6.45, 7) is 1.74. The van der Waals surface area contributed by atoms with Crippen LogP contribution in [-0.4, -0.2) is 21.6 Å². The van der Waals surface area contributed by atoms with Crippen LogP contribution in [0.5, 0.6) is 0 Å². The largest absolute Gasteiger partial charge is 0.324 e. The van der Waals surface area contributed by atoms with E-state index in [4.69, 9.17) is 11.6 Å². The molecule has 6 nitrogen and oxygen atoms in total.